The Morgan fingerprint density at radius 3 is 3.00 bits per heavy atom. The number of carbonyl (C=O) groups is 1. The van der Waals surface area contributed by atoms with Gasteiger partial charge >= 0.3 is 0 Å². The molecule has 4 nitrogen and oxygen atoms in total. The van der Waals surface area contributed by atoms with Crippen LogP contribution in [0.1, 0.15) is 41.4 Å². The van der Waals surface area contributed by atoms with Crippen LogP contribution in [0.4, 0.5) is 0 Å². The molecule has 0 saturated carbocycles. The van der Waals surface area contributed by atoms with Gasteiger partial charge in [-0.3, -0.25) is 9.78 Å². The maximum Gasteiger partial charge on any atom is 0.263 e. The van der Waals surface area contributed by atoms with E-state index in [0.717, 1.165) is 31.2 Å². The summed E-state index contributed by atoms with van der Waals surface area (Å²) in [5.74, 6) is -0.0925. The summed E-state index contributed by atoms with van der Waals surface area (Å²) in [4.78, 5) is 20.7. The van der Waals surface area contributed by atoms with E-state index in [-0.39, 0.29) is 11.9 Å². The maximum absolute atomic E-state index is 12.4. The molecule has 0 aliphatic rings. The van der Waals surface area contributed by atoms with Gasteiger partial charge in [0.25, 0.3) is 5.91 Å². The summed E-state index contributed by atoms with van der Waals surface area (Å²) in [5.41, 5.74) is 2.36. The third-order valence-electron chi connectivity index (χ3n) is 4.13. The minimum Gasteiger partial charge on any atom is -0.361 e. The number of benzene rings is 1. The number of nitrogens with zero attached hydrogens (tertiary/aromatic N) is 1. The Kier molecular flexibility index (Phi) is 5.36. The molecule has 1 unspecified atom stereocenters. The number of thiazole rings is 1. The number of amides is 1. The first-order valence-corrected chi connectivity index (χ1v) is 9.06. The van der Waals surface area contributed by atoms with Crippen LogP contribution in [0.3, 0.4) is 0 Å². The molecule has 0 aliphatic carbocycles. The van der Waals surface area contributed by atoms with Crippen LogP contribution in [-0.2, 0) is 6.42 Å². The number of nitrogens with one attached hydrogen (secondary N) is 2. The van der Waals surface area contributed by atoms with Crippen LogP contribution in [-0.4, -0.2) is 29.8 Å². The Labute approximate surface area is 147 Å². The lowest BCUT2D eigenvalue weighted by Gasteiger charge is -2.18. The third-order valence-corrected chi connectivity index (χ3v) is 4.96. The quantitative estimate of drug-likeness (QED) is 0.651. The predicted octanol–water partition coefficient (Wildman–Crippen LogP) is 2.95. The lowest BCUT2D eigenvalue weighted by Crippen LogP contribution is -2.36. The van der Waals surface area contributed by atoms with Gasteiger partial charge in [0.05, 0.1) is 0 Å². The van der Waals surface area contributed by atoms with Crippen LogP contribution in [0.25, 0.3) is 10.9 Å². The molecule has 1 aromatic carbocycles. The van der Waals surface area contributed by atoms with E-state index in [1.54, 1.807) is 0 Å². The van der Waals surface area contributed by atoms with Crippen molar-refractivity contribution >= 4 is 40.9 Å². The van der Waals surface area contributed by atoms with Gasteiger partial charge in [-0.1, -0.05) is 38.0 Å². The predicted molar refractivity (Wildman–Crippen MR) is 100 cm³/mol. The van der Waals surface area contributed by atoms with Gasteiger partial charge in [0.2, 0.25) is 0 Å². The van der Waals surface area contributed by atoms with Crippen molar-refractivity contribution in [3.63, 3.8) is 0 Å². The molecule has 3 aromatic rings. The Morgan fingerprint density at radius 1 is 1.42 bits per heavy atom. The molecule has 0 saturated heterocycles. The first kappa shape index (κ1) is 16.8. The maximum atomic E-state index is 12.4. The molecule has 0 spiro atoms. The fourth-order valence-electron chi connectivity index (χ4n) is 2.89. The number of unbranched alkanes of at least 4 members (excludes halogenated alkanes) is 1. The van der Waals surface area contributed by atoms with Crippen molar-refractivity contribution in [3.8, 4) is 0 Å². The number of rotatable bonds is 7. The van der Waals surface area contributed by atoms with Gasteiger partial charge in [0.15, 0.2) is 7.85 Å². The molecule has 0 fully saturated rings. The topological polar surface area (TPSA) is 57.8 Å². The number of hydrogen-bond acceptors (Lipinski definition) is 3. The first-order valence-electron chi connectivity index (χ1n) is 8.24. The molecule has 6 heteroatoms. The molecule has 122 valence electrons. The van der Waals surface area contributed by atoms with E-state index in [0.29, 0.717) is 9.78 Å². The van der Waals surface area contributed by atoms with Gasteiger partial charge in [0.1, 0.15) is 4.88 Å². The Balaban J connectivity index is 1.75. The van der Waals surface area contributed by atoms with E-state index in [2.05, 4.69) is 34.3 Å². The average Bonchev–Trinajstić information content (AvgIpc) is 3.19. The standard InChI is InChI=1S/C18H20BN3OS/c1-2-3-6-13(22-17(23)16-11-21-18(19)24-16)9-12-10-20-15-8-5-4-7-14(12)15/h4-5,7-8,10-11,13,20H,2-3,6,9H2,1H3,(H,22,23). The average molecular weight is 337 g/mol. The number of hydrogen-bond donors (Lipinski definition) is 2. The SMILES string of the molecule is [B]c1ncc(C(=O)NC(CCCC)Cc2c[nH]c3ccccc23)s1. The summed E-state index contributed by atoms with van der Waals surface area (Å²) in [6.07, 6.45) is 7.53. The van der Waals surface area contributed by atoms with Crippen molar-refractivity contribution < 1.29 is 4.79 Å². The summed E-state index contributed by atoms with van der Waals surface area (Å²) < 4.78 is 0. The molecule has 1 atom stereocenters. The van der Waals surface area contributed by atoms with Gasteiger partial charge < -0.3 is 10.3 Å². The third kappa shape index (κ3) is 3.87. The fraction of sp³-hybridized carbons (Fsp3) is 0.333. The van der Waals surface area contributed by atoms with Crippen molar-refractivity contribution in [1.82, 2.24) is 15.3 Å². The van der Waals surface area contributed by atoms with Gasteiger partial charge in [-0.05, 0) is 24.5 Å². The summed E-state index contributed by atoms with van der Waals surface area (Å²) in [5, 5.41) is 4.36. The Morgan fingerprint density at radius 2 is 2.25 bits per heavy atom. The minimum atomic E-state index is -0.0925. The fourth-order valence-corrected chi connectivity index (χ4v) is 3.48. The minimum absolute atomic E-state index is 0.0925. The molecular formula is C18H20BN3OS. The van der Waals surface area contributed by atoms with E-state index in [4.69, 9.17) is 7.85 Å². The molecule has 24 heavy (non-hydrogen) atoms. The van der Waals surface area contributed by atoms with E-state index in [1.165, 1.54) is 28.5 Å². The highest BCUT2D eigenvalue weighted by atomic mass is 32.1. The number of aromatic amines is 1. The highest BCUT2D eigenvalue weighted by Gasteiger charge is 2.17. The van der Waals surface area contributed by atoms with Gasteiger partial charge in [0, 0.05) is 34.2 Å². The smallest absolute Gasteiger partial charge is 0.263 e. The lowest BCUT2D eigenvalue weighted by molar-refractivity contribution is 0.0938. The summed E-state index contributed by atoms with van der Waals surface area (Å²) in [7, 11) is 5.62. The molecular weight excluding hydrogens is 317 g/mol. The van der Waals surface area contributed by atoms with Crippen LogP contribution in [0.15, 0.2) is 36.7 Å². The zero-order valence-corrected chi connectivity index (χ0v) is 14.5. The summed E-state index contributed by atoms with van der Waals surface area (Å²) in [6, 6.07) is 8.34. The van der Waals surface area contributed by atoms with E-state index in [9.17, 15) is 4.79 Å². The number of carbonyl (C=O) groups excluding carboxylic acids is 1. The molecule has 2 aromatic heterocycles. The van der Waals surface area contributed by atoms with Crippen LogP contribution in [0, 0.1) is 0 Å². The van der Waals surface area contributed by atoms with Crippen LogP contribution >= 0.6 is 11.3 Å². The molecule has 2 N–H and O–H groups in total. The van der Waals surface area contributed by atoms with E-state index in [1.807, 2.05) is 18.3 Å². The van der Waals surface area contributed by atoms with Crippen molar-refractivity contribution in [2.45, 2.75) is 38.6 Å². The van der Waals surface area contributed by atoms with Gasteiger partial charge in [-0.2, -0.15) is 0 Å². The zero-order chi connectivity index (χ0) is 16.9. The van der Waals surface area contributed by atoms with Crippen molar-refractivity contribution in [3.05, 3.63) is 47.1 Å². The van der Waals surface area contributed by atoms with Crippen LogP contribution in [0.5, 0.6) is 0 Å². The van der Waals surface area contributed by atoms with Crippen LogP contribution < -0.4 is 10.2 Å². The van der Waals surface area contributed by atoms with E-state index < -0.39 is 0 Å². The molecule has 2 heterocycles. The number of aromatic nitrogens is 2. The van der Waals surface area contributed by atoms with E-state index >= 15 is 0 Å². The second-order valence-corrected chi connectivity index (χ2v) is 7.00. The number of para-hydroxylation sites is 1. The van der Waals surface area contributed by atoms with Gasteiger partial charge in [-0.25, -0.2) is 0 Å². The molecule has 3 rings (SSSR count). The Bertz CT molecular complexity index is 826. The largest absolute Gasteiger partial charge is 0.361 e. The van der Waals surface area contributed by atoms with Crippen molar-refractivity contribution in [2.24, 2.45) is 0 Å². The van der Waals surface area contributed by atoms with Crippen LogP contribution in [0.2, 0.25) is 0 Å². The monoisotopic (exact) mass is 337 g/mol. The van der Waals surface area contributed by atoms with Gasteiger partial charge in [-0.15, -0.1) is 11.3 Å². The molecule has 0 aliphatic heterocycles. The molecule has 2 radical (unpaired) electrons. The first-order chi connectivity index (χ1) is 11.7. The highest BCUT2D eigenvalue weighted by Crippen LogP contribution is 2.20. The highest BCUT2D eigenvalue weighted by molar-refractivity contribution is 7.21. The Hall–Kier alpha value is -2.08. The van der Waals surface area contributed by atoms with Crippen molar-refractivity contribution in [2.75, 3.05) is 0 Å². The van der Waals surface area contributed by atoms with Crippen molar-refractivity contribution in [1.29, 1.82) is 0 Å². The molecule has 1 amide bonds. The normalized spacial score (nSPS) is 12.4. The molecule has 0 bridgehead atoms. The second-order valence-electron chi connectivity index (χ2n) is 5.94. The lowest BCUT2D eigenvalue weighted by atomic mass is 10.0. The number of fused-ring (bicyclic) bond motifs is 1. The zero-order valence-electron chi connectivity index (χ0n) is 13.7. The summed E-state index contributed by atoms with van der Waals surface area (Å²) >= 11 is 1.22. The summed E-state index contributed by atoms with van der Waals surface area (Å²) in [6.45, 7) is 2.16. The second kappa shape index (κ2) is 7.66. The number of H-pyrrole nitrogens is 1.